The van der Waals surface area contributed by atoms with Crippen LogP contribution in [0.2, 0.25) is 0 Å². The van der Waals surface area contributed by atoms with Gasteiger partial charge < -0.3 is 23.9 Å². The molecule has 0 aliphatic rings. The summed E-state index contributed by atoms with van der Waals surface area (Å²) in [4.78, 5) is 12.7. The lowest BCUT2D eigenvalue weighted by Gasteiger charge is -2.14. The topological polar surface area (TPSA) is 69.9 Å². The van der Waals surface area contributed by atoms with Gasteiger partial charge in [-0.15, -0.1) is 0 Å². The Kier molecular flexibility index (Phi) is 8.18. The van der Waals surface area contributed by atoms with Crippen LogP contribution in [0.25, 0.3) is 27.7 Å². The largest absolute Gasteiger partial charge is 0.496 e. The lowest BCUT2D eigenvalue weighted by molar-refractivity contribution is -0.116. The van der Waals surface area contributed by atoms with Gasteiger partial charge in [-0.1, -0.05) is 36.4 Å². The second kappa shape index (κ2) is 11.7. The number of rotatable bonds is 10. The van der Waals surface area contributed by atoms with Crippen molar-refractivity contribution >= 4 is 22.4 Å². The minimum atomic E-state index is -0.127. The highest BCUT2D eigenvalue weighted by molar-refractivity contribution is 6.01. The minimum absolute atomic E-state index is 0.127. The number of ether oxygens (including phenoxy) is 3. The Labute approximate surface area is 217 Å². The lowest BCUT2D eigenvalue weighted by atomic mass is 9.96. The molecule has 6 heteroatoms. The van der Waals surface area contributed by atoms with Gasteiger partial charge in [0, 0.05) is 34.7 Å². The molecule has 1 N–H and O–H groups in total. The summed E-state index contributed by atoms with van der Waals surface area (Å²) in [7, 11) is 4.86. The minimum Gasteiger partial charge on any atom is -0.496 e. The molecule has 4 rings (SSSR count). The number of benzene rings is 3. The molecule has 37 heavy (non-hydrogen) atoms. The molecule has 0 fully saturated rings. The van der Waals surface area contributed by atoms with Crippen LogP contribution in [0.1, 0.15) is 30.0 Å². The summed E-state index contributed by atoms with van der Waals surface area (Å²) < 4.78 is 22.6. The van der Waals surface area contributed by atoms with Crippen LogP contribution < -0.4 is 19.5 Å². The van der Waals surface area contributed by atoms with E-state index in [9.17, 15) is 4.79 Å². The molecule has 6 nitrogen and oxygen atoms in total. The van der Waals surface area contributed by atoms with Crippen molar-refractivity contribution in [3.8, 4) is 28.4 Å². The van der Waals surface area contributed by atoms with Gasteiger partial charge in [0.05, 0.1) is 27.6 Å². The number of carbonyl (C=O) groups is 1. The van der Waals surface area contributed by atoms with Crippen molar-refractivity contribution < 1.29 is 23.4 Å². The van der Waals surface area contributed by atoms with E-state index in [1.54, 1.807) is 33.7 Å². The molecule has 0 spiro atoms. The molecule has 1 heterocycles. The molecule has 0 atom stereocenters. The smallest absolute Gasteiger partial charge is 0.244 e. The van der Waals surface area contributed by atoms with Crippen LogP contribution in [0.5, 0.6) is 17.2 Å². The third kappa shape index (κ3) is 5.64. The molecule has 3 aromatic carbocycles. The molecule has 0 unspecified atom stereocenters. The van der Waals surface area contributed by atoms with Gasteiger partial charge in [-0.05, 0) is 61.6 Å². The van der Waals surface area contributed by atoms with E-state index in [1.165, 1.54) is 5.56 Å². The number of hydrogen-bond donors (Lipinski definition) is 1. The highest BCUT2D eigenvalue weighted by Crippen LogP contribution is 2.42. The summed E-state index contributed by atoms with van der Waals surface area (Å²) in [5.74, 6) is 1.86. The van der Waals surface area contributed by atoms with E-state index in [2.05, 4.69) is 17.4 Å². The van der Waals surface area contributed by atoms with Gasteiger partial charge in [0.25, 0.3) is 0 Å². The molecular formula is C31H33NO5. The number of methoxy groups -OCH3 is 3. The van der Waals surface area contributed by atoms with Crippen molar-refractivity contribution in [1.29, 1.82) is 0 Å². The van der Waals surface area contributed by atoms with Gasteiger partial charge >= 0.3 is 0 Å². The fourth-order valence-corrected chi connectivity index (χ4v) is 4.57. The van der Waals surface area contributed by atoms with Gasteiger partial charge in [-0.25, -0.2) is 0 Å². The van der Waals surface area contributed by atoms with Crippen molar-refractivity contribution in [2.45, 2.75) is 26.7 Å². The maximum Gasteiger partial charge on any atom is 0.244 e. The number of nitrogens with one attached hydrogen (secondary N) is 1. The van der Waals surface area contributed by atoms with Crippen LogP contribution in [0.3, 0.4) is 0 Å². The number of aryl methyl sites for hydroxylation is 2. The summed E-state index contributed by atoms with van der Waals surface area (Å²) >= 11 is 0. The van der Waals surface area contributed by atoms with Crippen LogP contribution >= 0.6 is 0 Å². The Morgan fingerprint density at radius 1 is 0.973 bits per heavy atom. The summed E-state index contributed by atoms with van der Waals surface area (Å²) in [5, 5.41) is 3.93. The van der Waals surface area contributed by atoms with E-state index in [-0.39, 0.29) is 5.91 Å². The average Bonchev–Trinajstić information content (AvgIpc) is 3.35. The highest BCUT2D eigenvalue weighted by Gasteiger charge is 2.19. The summed E-state index contributed by atoms with van der Waals surface area (Å²) in [6.45, 7) is 4.49. The van der Waals surface area contributed by atoms with Crippen molar-refractivity contribution in [3.63, 3.8) is 0 Å². The number of amides is 1. The molecule has 0 aliphatic carbocycles. The Balaban J connectivity index is 1.60. The van der Waals surface area contributed by atoms with Gasteiger partial charge in [0.2, 0.25) is 5.91 Å². The third-order valence-electron chi connectivity index (χ3n) is 6.50. The van der Waals surface area contributed by atoms with E-state index in [0.29, 0.717) is 23.8 Å². The Morgan fingerprint density at radius 3 is 2.43 bits per heavy atom. The fraction of sp³-hybridized carbons (Fsp3) is 0.258. The predicted octanol–water partition coefficient (Wildman–Crippen LogP) is 6.59. The van der Waals surface area contributed by atoms with Gasteiger partial charge in [0.1, 0.15) is 11.3 Å². The number of fused-ring (bicyclic) bond motifs is 1. The number of carbonyl (C=O) groups excluding carboxylic acids is 1. The Hall–Kier alpha value is -4.19. The first-order valence-electron chi connectivity index (χ1n) is 12.3. The third-order valence-corrected chi connectivity index (χ3v) is 6.50. The van der Waals surface area contributed by atoms with E-state index < -0.39 is 0 Å². The molecule has 0 saturated heterocycles. The van der Waals surface area contributed by atoms with Crippen molar-refractivity contribution in [1.82, 2.24) is 5.32 Å². The van der Waals surface area contributed by atoms with Gasteiger partial charge in [-0.2, -0.15) is 0 Å². The second-order valence-corrected chi connectivity index (χ2v) is 8.89. The van der Waals surface area contributed by atoms with E-state index in [4.69, 9.17) is 18.6 Å². The molecule has 1 amide bonds. The number of allylic oxidation sites excluding steroid dienone is 1. The summed E-state index contributed by atoms with van der Waals surface area (Å²) in [6.07, 6.45) is 5.16. The summed E-state index contributed by atoms with van der Waals surface area (Å²) in [5.41, 5.74) is 6.38. The first kappa shape index (κ1) is 25.9. The Morgan fingerprint density at radius 2 is 1.73 bits per heavy atom. The number of furan rings is 1. The first-order valence-corrected chi connectivity index (χ1v) is 12.3. The van der Waals surface area contributed by atoms with Crippen molar-refractivity contribution in [2.75, 3.05) is 27.9 Å². The van der Waals surface area contributed by atoms with E-state index in [1.807, 2.05) is 56.3 Å². The second-order valence-electron chi connectivity index (χ2n) is 8.89. The van der Waals surface area contributed by atoms with Crippen LogP contribution in [0.4, 0.5) is 0 Å². The molecule has 0 radical (unpaired) electrons. The highest BCUT2D eigenvalue weighted by atomic mass is 16.5. The molecule has 1 aromatic heterocycles. The molecule has 0 saturated carbocycles. The molecule has 0 bridgehead atoms. The van der Waals surface area contributed by atoms with E-state index >= 15 is 0 Å². The predicted molar refractivity (Wildman–Crippen MR) is 147 cm³/mol. The zero-order valence-corrected chi connectivity index (χ0v) is 22.0. The van der Waals surface area contributed by atoms with Crippen LogP contribution in [-0.4, -0.2) is 33.8 Å². The van der Waals surface area contributed by atoms with Crippen LogP contribution in [0.15, 0.2) is 71.4 Å². The zero-order valence-electron chi connectivity index (χ0n) is 22.0. The maximum atomic E-state index is 12.7. The number of hydrogen-bond acceptors (Lipinski definition) is 5. The monoisotopic (exact) mass is 499 g/mol. The normalized spacial score (nSPS) is 11.4. The first-order chi connectivity index (χ1) is 18.0. The molecule has 4 aromatic rings. The molecular weight excluding hydrogens is 466 g/mol. The SMILES string of the molecule is COc1ccc(-c2coc3c(C)c(OC)c(/C(C)=C/C(=O)NCCCc4ccccc4)cc23)cc1OC. The fourth-order valence-electron chi connectivity index (χ4n) is 4.57. The van der Waals surface area contributed by atoms with Gasteiger partial charge in [-0.3, -0.25) is 4.79 Å². The van der Waals surface area contributed by atoms with Crippen LogP contribution in [0, 0.1) is 6.92 Å². The summed E-state index contributed by atoms with van der Waals surface area (Å²) in [6, 6.07) is 18.1. The van der Waals surface area contributed by atoms with Crippen LogP contribution in [-0.2, 0) is 11.2 Å². The van der Waals surface area contributed by atoms with Gasteiger partial charge in [0.15, 0.2) is 11.5 Å². The molecule has 0 aliphatic heterocycles. The quantitative estimate of drug-likeness (QED) is 0.197. The standard InChI is InChI=1S/C31H33NO5/c1-20(16-29(33)32-15-9-12-22-10-7-6-8-11-22)24-18-25-26(19-37-31(25)21(2)30(24)36-5)23-13-14-27(34-3)28(17-23)35-4/h6-8,10-11,13-14,16-19H,9,12,15H2,1-5H3,(H,32,33)/b20-16+. The zero-order chi connectivity index (χ0) is 26.4. The lowest BCUT2D eigenvalue weighted by Crippen LogP contribution is -2.22. The average molecular weight is 500 g/mol. The van der Waals surface area contributed by atoms with Crippen molar-refractivity contribution in [3.05, 3.63) is 83.6 Å². The molecule has 192 valence electrons. The maximum absolute atomic E-state index is 12.7. The van der Waals surface area contributed by atoms with E-state index in [0.717, 1.165) is 51.6 Å². The van der Waals surface area contributed by atoms with Crippen molar-refractivity contribution in [2.24, 2.45) is 0 Å². The Bertz CT molecular complexity index is 1420.